The van der Waals surface area contributed by atoms with E-state index in [1.54, 1.807) is 26.4 Å². The lowest BCUT2D eigenvalue weighted by molar-refractivity contribution is 0.0695. The summed E-state index contributed by atoms with van der Waals surface area (Å²) in [5.74, 6) is 0.385. The number of benzene rings is 2. The monoisotopic (exact) mass is 428 g/mol. The first-order chi connectivity index (χ1) is 14.4. The lowest BCUT2D eigenvalue weighted by Crippen LogP contribution is -2.15. The number of aromatic carboxylic acids is 1. The summed E-state index contributed by atoms with van der Waals surface area (Å²) >= 11 is 6.00. The van der Waals surface area contributed by atoms with E-state index in [0.29, 0.717) is 40.9 Å². The molecule has 1 heterocycles. The van der Waals surface area contributed by atoms with Crippen LogP contribution in [0.5, 0.6) is 11.5 Å². The van der Waals surface area contributed by atoms with E-state index in [0.717, 1.165) is 22.5 Å². The maximum absolute atomic E-state index is 12.0. The molecule has 2 aromatic carbocycles. The topological polar surface area (TPSA) is 72.7 Å². The first kappa shape index (κ1) is 21.7. The molecule has 2 N–H and O–H groups in total. The zero-order valence-electron chi connectivity index (χ0n) is 17.5. The maximum atomic E-state index is 12.0. The fourth-order valence-electron chi connectivity index (χ4n) is 3.70. The van der Waals surface area contributed by atoms with Crippen LogP contribution in [0.15, 0.2) is 42.5 Å². The summed E-state index contributed by atoms with van der Waals surface area (Å²) in [5.41, 5.74) is 4.54. The minimum Gasteiger partial charge on any atom is -0.493 e. The number of ether oxygens (including phenoxy) is 2. The smallest absolute Gasteiger partial charge is 0.337 e. The van der Waals surface area contributed by atoms with E-state index in [1.165, 1.54) is 0 Å². The van der Waals surface area contributed by atoms with Gasteiger partial charge in [-0.2, -0.15) is 0 Å². The average molecular weight is 429 g/mol. The summed E-state index contributed by atoms with van der Waals surface area (Å²) in [5, 5.41) is 13.8. The number of rotatable bonds is 8. The largest absolute Gasteiger partial charge is 0.493 e. The number of aromatic nitrogens is 1. The number of halogens is 1. The molecule has 7 heteroatoms. The van der Waals surface area contributed by atoms with Crippen molar-refractivity contribution in [3.63, 3.8) is 0 Å². The van der Waals surface area contributed by atoms with Gasteiger partial charge in [-0.15, -0.1) is 0 Å². The lowest BCUT2D eigenvalue weighted by atomic mass is 10.1. The van der Waals surface area contributed by atoms with E-state index in [9.17, 15) is 9.90 Å². The molecule has 1 aromatic heterocycles. The molecule has 0 aliphatic carbocycles. The number of carbonyl (C=O) groups is 1. The molecule has 0 atom stereocenters. The molecular weight excluding hydrogens is 404 g/mol. The average Bonchev–Trinajstić information content (AvgIpc) is 2.98. The molecular formula is C23H25ClN2O4. The molecule has 0 fully saturated rings. The van der Waals surface area contributed by atoms with Crippen LogP contribution in [0.3, 0.4) is 0 Å². The van der Waals surface area contributed by atoms with Gasteiger partial charge in [0.1, 0.15) is 0 Å². The highest BCUT2D eigenvalue weighted by Crippen LogP contribution is 2.29. The lowest BCUT2D eigenvalue weighted by Gasteiger charge is -2.11. The summed E-state index contributed by atoms with van der Waals surface area (Å²) in [6.45, 7) is 4.73. The molecule has 158 valence electrons. The molecule has 0 aliphatic heterocycles. The van der Waals surface area contributed by atoms with Crippen LogP contribution in [-0.4, -0.2) is 29.9 Å². The number of carboxylic acids is 1. The van der Waals surface area contributed by atoms with Crippen molar-refractivity contribution >= 4 is 17.6 Å². The number of carboxylic acid groups (broad SMARTS) is 1. The number of nitrogens with zero attached hydrogens (tertiary/aromatic N) is 1. The predicted molar refractivity (Wildman–Crippen MR) is 117 cm³/mol. The summed E-state index contributed by atoms with van der Waals surface area (Å²) in [6.07, 6.45) is 0. The number of nitrogens with one attached hydrogen (secondary N) is 1. The Balaban J connectivity index is 1.86. The first-order valence-electron chi connectivity index (χ1n) is 9.49. The quantitative estimate of drug-likeness (QED) is 0.541. The number of hydrogen-bond acceptors (Lipinski definition) is 4. The minimum atomic E-state index is -0.939. The van der Waals surface area contributed by atoms with Crippen molar-refractivity contribution in [3.8, 4) is 17.2 Å². The summed E-state index contributed by atoms with van der Waals surface area (Å²) in [6, 6.07) is 13.1. The van der Waals surface area contributed by atoms with Gasteiger partial charge in [-0.05, 0) is 55.8 Å². The molecule has 0 spiro atoms. The van der Waals surface area contributed by atoms with Gasteiger partial charge < -0.3 is 24.5 Å². The fraction of sp³-hybridized carbons (Fsp3) is 0.261. The normalized spacial score (nSPS) is 10.8. The van der Waals surface area contributed by atoms with Crippen molar-refractivity contribution in [2.24, 2.45) is 0 Å². The standard InChI is InChI=1S/C23H25ClN2O4/c1-14-19(13-25-12-16-5-10-20(29-3)21(11-16)30-4)22(23(27)28)15(2)26(14)18-8-6-17(24)7-9-18/h5-11,25H,12-13H2,1-4H3,(H,27,28). The van der Waals surface area contributed by atoms with Crippen molar-refractivity contribution in [1.82, 2.24) is 9.88 Å². The highest BCUT2D eigenvalue weighted by molar-refractivity contribution is 6.30. The van der Waals surface area contributed by atoms with E-state index in [-0.39, 0.29) is 0 Å². The van der Waals surface area contributed by atoms with Crippen LogP contribution >= 0.6 is 11.6 Å². The SMILES string of the molecule is COc1ccc(CNCc2c(C(=O)O)c(C)n(-c3ccc(Cl)cc3)c2C)cc1OC. The summed E-state index contributed by atoms with van der Waals surface area (Å²) in [7, 11) is 3.19. The zero-order valence-corrected chi connectivity index (χ0v) is 18.2. The highest BCUT2D eigenvalue weighted by Gasteiger charge is 2.23. The third-order valence-corrected chi connectivity index (χ3v) is 5.40. The van der Waals surface area contributed by atoms with Crippen molar-refractivity contribution in [2.45, 2.75) is 26.9 Å². The van der Waals surface area contributed by atoms with E-state index in [1.807, 2.05) is 48.7 Å². The van der Waals surface area contributed by atoms with E-state index < -0.39 is 5.97 Å². The zero-order chi connectivity index (χ0) is 21.8. The van der Waals surface area contributed by atoms with E-state index in [4.69, 9.17) is 21.1 Å². The fourth-order valence-corrected chi connectivity index (χ4v) is 3.82. The van der Waals surface area contributed by atoms with Gasteiger partial charge in [0.05, 0.1) is 19.8 Å². The second-order valence-electron chi connectivity index (χ2n) is 6.93. The third-order valence-electron chi connectivity index (χ3n) is 5.15. The third kappa shape index (κ3) is 4.30. The molecule has 30 heavy (non-hydrogen) atoms. The number of methoxy groups -OCH3 is 2. The summed E-state index contributed by atoms with van der Waals surface area (Å²) < 4.78 is 12.6. The maximum Gasteiger partial charge on any atom is 0.337 e. The Bertz CT molecular complexity index is 1060. The van der Waals surface area contributed by atoms with Crippen LogP contribution in [0.25, 0.3) is 5.69 Å². The summed E-state index contributed by atoms with van der Waals surface area (Å²) in [4.78, 5) is 12.0. The van der Waals surface area contributed by atoms with Crippen molar-refractivity contribution < 1.29 is 19.4 Å². The molecule has 0 saturated carbocycles. The highest BCUT2D eigenvalue weighted by atomic mass is 35.5. The van der Waals surface area contributed by atoms with Gasteiger partial charge in [0.2, 0.25) is 0 Å². The molecule has 0 saturated heterocycles. The van der Waals surface area contributed by atoms with Crippen LogP contribution in [0.4, 0.5) is 0 Å². The first-order valence-corrected chi connectivity index (χ1v) is 9.86. The molecule has 0 amide bonds. The Kier molecular flexibility index (Phi) is 6.70. The van der Waals surface area contributed by atoms with Gasteiger partial charge >= 0.3 is 5.97 Å². The van der Waals surface area contributed by atoms with Crippen molar-refractivity contribution in [3.05, 3.63) is 75.6 Å². The number of hydrogen-bond donors (Lipinski definition) is 2. The van der Waals surface area contributed by atoms with Gasteiger partial charge in [-0.1, -0.05) is 17.7 Å². The second kappa shape index (κ2) is 9.24. The van der Waals surface area contributed by atoms with Crippen molar-refractivity contribution in [2.75, 3.05) is 14.2 Å². The molecule has 3 rings (SSSR count). The molecule has 0 unspecified atom stereocenters. The van der Waals surface area contributed by atoms with Crippen LogP contribution in [0, 0.1) is 13.8 Å². The van der Waals surface area contributed by atoms with Crippen molar-refractivity contribution in [1.29, 1.82) is 0 Å². The van der Waals surface area contributed by atoms with Crippen LogP contribution in [0.2, 0.25) is 5.02 Å². The predicted octanol–water partition coefficient (Wildman–Crippen LogP) is 4.75. The molecule has 0 aliphatic rings. The molecule has 0 bridgehead atoms. The van der Waals surface area contributed by atoms with Gasteiger partial charge in [-0.25, -0.2) is 4.79 Å². The molecule has 3 aromatic rings. The Morgan fingerprint density at radius 2 is 1.67 bits per heavy atom. The van der Waals surface area contributed by atoms with E-state index in [2.05, 4.69) is 5.32 Å². The Hall–Kier alpha value is -2.96. The van der Waals surface area contributed by atoms with Crippen LogP contribution in [0.1, 0.15) is 32.9 Å². The van der Waals surface area contributed by atoms with Gasteiger partial charge in [0.15, 0.2) is 11.5 Å². The minimum absolute atomic E-state index is 0.322. The van der Waals surface area contributed by atoms with Gasteiger partial charge in [0, 0.05) is 40.8 Å². The Morgan fingerprint density at radius 3 is 2.27 bits per heavy atom. The van der Waals surface area contributed by atoms with E-state index >= 15 is 0 Å². The van der Waals surface area contributed by atoms with Gasteiger partial charge in [0.25, 0.3) is 0 Å². The Labute approximate surface area is 181 Å². The molecule has 6 nitrogen and oxygen atoms in total. The van der Waals surface area contributed by atoms with Gasteiger partial charge in [-0.3, -0.25) is 0 Å². The second-order valence-corrected chi connectivity index (χ2v) is 7.37. The molecule has 0 radical (unpaired) electrons. The van der Waals surface area contributed by atoms with Crippen LogP contribution in [-0.2, 0) is 13.1 Å². The van der Waals surface area contributed by atoms with Crippen LogP contribution < -0.4 is 14.8 Å². The Morgan fingerprint density at radius 1 is 1.00 bits per heavy atom.